The highest BCUT2D eigenvalue weighted by atomic mass is 16.5. The van der Waals surface area contributed by atoms with Crippen molar-refractivity contribution in [3.8, 4) is 11.5 Å². The molecule has 128 valence electrons. The Hall–Kier alpha value is -2.63. The minimum absolute atomic E-state index is 0.175. The van der Waals surface area contributed by atoms with Crippen LogP contribution in [0.25, 0.3) is 0 Å². The fourth-order valence-electron chi connectivity index (χ4n) is 2.73. The average molecular weight is 330 g/mol. The molecule has 3 rings (SSSR count). The monoisotopic (exact) mass is 330 g/mol. The molecule has 24 heavy (non-hydrogen) atoms. The van der Waals surface area contributed by atoms with Crippen LogP contribution in [0.3, 0.4) is 0 Å². The molecule has 6 heteroatoms. The van der Waals surface area contributed by atoms with Crippen molar-refractivity contribution in [1.82, 2.24) is 10.6 Å². The van der Waals surface area contributed by atoms with Crippen LogP contribution in [-0.4, -0.2) is 18.7 Å². The highest BCUT2D eigenvalue weighted by Gasteiger charge is 2.22. The average Bonchev–Trinajstić information content (AvgIpc) is 3.19. The lowest BCUT2D eigenvalue weighted by atomic mass is 10.1. The summed E-state index contributed by atoms with van der Waals surface area (Å²) >= 11 is 0. The lowest BCUT2D eigenvalue weighted by Gasteiger charge is -2.13. The van der Waals surface area contributed by atoms with E-state index in [2.05, 4.69) is 10.6 Å². The number of rotatable bonds is 6. The maximum Gasteiger partial charge on any atom is 0.315 e. The molecule has 1 aromatic heterocycles. The summed E-state index contributed by atoms with van der Waals surface area (Å²) in [5.41, 5.74) is 2.05. The van der Waals surface area contributed by atoms with Gasteiger partial charge in [0.05, 0.1) is 19.4 Å². The zero-order valence-corrected chi connectivity index (χ0v) is 13.9. The van der Waals surface area contributed by atoms with E-state index in [0.717, 1.165) is 29.0 Å². The first kappa shape index (κ1) is 16.2. The first-order chi connectivity index (χ1) is 11.7. The Bertz CT molecular complexity index is 697. The SMILES string of the molecule is CCOc1cc2c(cc1CNC(=O)NCc1ccco1)O[C@@H](C)C2. The van der Waals surface area contributed by atoms with Gasteiger partial charge in [-0.3, -0.25) is 0 Å². The molecule has 0 bridgehead atoms. The minimum Gasteiger partial charge on any atom is -0.494 e. The number of furan rings is 1. The molecule has 2 heterocycles. The van der Waals surface area contributed by atoms with Gasteiger partial charge in [0.2, 0.25) is 0 Å². The molecule has 0 aliphatic carbocycles. The van der Waals surface area contributed by atoms with Crippen LogP contribution >= 0.6 is 0 Å². The van der Waals surface area contributed by atoms with Gasteiger partial charge in [0.15, 0.2) is 0 Å². The maximum absolute atomic E-state index is 11.9. The van der Waals surface area contributed by atoms with Crippen molar-refractivity contribution in [1.29, 1.82) is 0 Å². The molecule has 1 aliphatic heterocycles. The highest BCUT2D eigenvalue weighted by Crippen LogP contribution is 2.35. The van der Waals surface area contributed by atoms with E-state index in [1.54, 1.807) is 12.3 Å². The molecule has 0 spiro atoms. The number of amides is 2. The van der Waals surface area contributed by atoms with Gasteiger partial charge in [0, 0.05) is 24.1 Å². The van der Waals surface area contributed by atoms with Crippen molar-refractivity contribution >= 4 is 6.03 Å². The van der Waals surface area contributed by atoms with Gasteiger partial charge in [-0.1, -0.05) is 0 Å². The van der Waals surface area contributed by atoms with Crippen LogP contribution in [0, 0.1) is 0 Å². The zero-order valence-electron chi connectivity index (χ0n) is 13.9. The van der Waals surface area contributed by atoms with E-state index < -0.39 is 0 Å². The lowest BCUT2D eigenvalue weighted by molar-refractivity contribution is 0.238. The van der Waals surface area contributed by atoms with E-state index in [4.69, 9.17) is 13.9 Å². The molecular formula is C18H22N2O4. The van der Waals surface area contributed by atoms with Crippen molar-refractivity contribution in [2.45, 2.75) is 39.5 Å². The van der Waals surface area contributed by atoms with Crippen LogP contribution in [-0.2, 0) is 19.5 Å². The van der Waals surface area contributed by atoms with Crippen LogP contribution in [0.2, 0.25) is 0 Å². The number of benzene rings is 1. The Labute approximate surface area is 141 Å². The second kappa shape index (κ2) is 7.29. The minimum atomic E-state index is -0.261. The molecule has 1 atom stereocenters. The van der Waals surface area contributed by atoms with Gasteiger partial charge >= 0.3 is 6.03 Å². The smallest absolute Gasteiger partial charge is 0.315 e. The Morgan fingerprint density at radius 3 is 2.92 bits per heavy atom. The maximum atomic E-state index is 11.9. The number of carbonyl (C=O) groups is 1. The number of ether oxygens (including phenoxy) is 2. The summed E-state index contributed by atoms with van der Waals surface area (Å²) in [6, 6.07) is 7.31. The van der Waals surface area contributed by atoms with E-state index in [1.165, 1.54) is 0 Å². The van der Waals surface area contributed by atoms with Crippen LogP contribution in [0.5, 0.6) is 11.5 Å². The molecule has 6 nitrogen and oxygen atoms in total. The standard InChI is InChI=1S/C18H22N2O4/c1-3-22-16-8-13-7-12(2)24-17(13)9-14(16)10-19-18(21)20-11-15-5-4-6-23-15/h4-6,8-9,12H,3,7,10-11H2,1-2H3,(H2,19,20,21)/t12-/m0/s1. The van der Waals surface area contributed by atoms with Crippen LogP contribution in [0.4, 0.5) is 4.79 Å². The topological polar surface area (TPSA) is 72.7 Å². The number of urea groups is 1. The Kier molecular flexibility index (Phi) is 4.93. The number of hydrogen-bond acceptors (Lipinski definition) is 4. The van der Waals surface area contributed by atoms with E-state index in [0.29, 0.717) is 25.5 Å². The summed E-state index contributed by atoms with van der Waals surface area (Å²) in [5.74, 6) is 2.37. The van der Waals surface area contributed by atoms with Gasteiger partial charge in [-0.2, -0.15) is 0 Å². The Balaban J connectivity index is 1.61. The van der Waals surface area contributed by atoms with Gasteiger partial charge in [-0.25, -0.2) is 4.79 Å². The third-order valence-corrected chi connectivity index (χ3v) is 3.82. The molecule has 1 aliphatic rings. The third kappa shape index (κ3) is 3.82. The van der Waals surface area contributed by atoms with Crippen LogP contribution in [0.1, 0.15) is 30.7 Å². The molecule has 0 saturated carbocycles. The molecule has 2 N–H and O–H groups in total. The highest BCUT2D eigenvalue weighted by molar-refractivity contribution is 5.73. The number of fused-ring (bicyclic) bond motifs is 1. The zero-order chi connectivity index (χ0) is 16.9. The summed E-state index contributed by atoms with van der Waals surface area (Å²) < 4.78 is 16.7. The van der Waals surface area contributed by atoms with E-state index >= 15 is 0 Å². The van der Waals surface area contributed by atoms with Gasteiger partial charge < -0.3 is 24.5 Å². The fraction of sp³-hybridized carbons (Fsp3) is 0.389. The Morgan fingerprint density at radius 2 is 2.17 bits per heavy atom. The van der Waals surface area contributed by atoms with Gasteiger partial charge in [-0.05, 0) is 38.1 Å². The predicted octanol–water partition coefficient (Wildman–Crippen LogP) is 3.00. The lowest BCUT2D eigenvalue weighted by Crippen LogP contribution is -2.34. The predicted molar refractivity (Wildman–Crippen MR) is 89.2 cm³/mol. The second-order valence-corrected chi connectivity index (χ2v) is 5.75. The molecule has 2 aromatic rings. The van der Waals surface area contributed by atoms with Crippen LogP contribution < -0.4 is 20.1 Å². The molecule has 0 unspecified atom stereocenters. The van der Waals surface area contributed by atoms with Gasteiger partial charge in [0.1, 0.15) is 23.4 Å². The first-order valence-corrected chi connectivity index (χ1v) is 8.15. The van der Waals surface area contributed by atoms with E-state index in [1.807, 2.05) is 32.0 Å². The quantitative estimate of drug-likeness (QED) is 0.854. The van der Waals surface area contributed by atoms with Crippen molar-refractivity contribution in [2.75, 3.05) is 6.61 Å². The molecule has 0 fully saturated rings. The van der Waals surface area contributed by atoms with E-state index in [9.17, 15) is 4.79 Å². The van der Waals surface area contributed by atoms with Gasteiger partial charge in [-0.15, -0.1) is 0 Å². The molecule has 1 aromatic carbocycles. The summed E-state index contributed by atoms with van der Waals surface area (Å²) in [6.07, 6.45) is 2.64. The third-order valence-electron chi connectivity index (χ3n) is 3.82. The normalized spacial score (nSPS) is 15.5. The van der Waals surface area contributed by atoms with Crippen LogP contribution in [0.15, 0.2) is 34.9 Å². The number of hydrogen-bond donors (Lipinski definition) is 2. The van der Waals surface area contributed by atoms with E-state index in [-0.39, 0.29) is 12.1 Å². The summed E-state index contributed by atoms with van der Waals surface area (Å²) in [7, 11) is 0. The van der Waals surface area contributed by atoms with Crippen molar-refractivity contribution in [2.24, 2.45) is 0 Å². The molecule has 0 saturated heterocycles. The van der Waals surface area contributed by atoms with Crippen molar-refractivity contribution in [3.05, 3.63) is 47.4 Å². The second-order valence-electron chi connectivity index (χ2n) is 5.75. The van der Waals surface area contributed by atoms with Crippen molar-refractivity contribution in [3.63, 3.8) is 0 Å². The fourth-order valence-corrected chi connectivity index (χ4v) is 2.73. The molecule has 2 amide bonds. The Morgan fingerprint density at radius 1 is 1.33 bits per heavy atom. The number of carbonyl (C=O) groups excluding carboxylic acids is 1. The molecular weight excluding hydrogens is 308 g/mol. The largest absolute Gasteiger partial charge is 0.494 e. The molecule has 0 radical (unpaired) electrons. The van der Waals surface area contributed by atoms with Gasteiger partial charge in [0.25, 0.3) is 0 Å². The summed E-state index contributed by atoms with van der Waals surface area (Å²) in [6.45, 7) is 5.28. The number of nitrogens with one attached hydrogen (secondary N) is 2. The first-order valence-electron chi connectivity index (χ1n) is 8.15. The summed E-state index contributed by atoms with van der Waals surface area (Å²) in [5, 5.41) is 5.59. The van der Waals surface area contributed by atoms with Crippen molar-refractivity contribution < 1.29 is 18.7 Å². The summed E-state index contributed by atoms with van der Waals surface area (Å²) in [4.78, 5) is 11.9.